The third-order valence-corrected chi connectivity index (χ3v) is 5.05. The van der Waals surface area contributed by atoms with E-state index in [1.807, 2.05) is 7.05 Å². The minimum atomic E-state index is -0.227. The van der Waals surface area contributed by atoms with Gasteiger partial charge in [-0.1, -0.05) is 30.9 Å². The van der Waals surface area contributed by atoms with E-state index in [9.17, 15) is 4.39 Å². The molecule has 1 aliphatic rings. The van der Waals surface area contributed by atoms with Crippen LogP contribution in [0.15, 0.2) is 18.2 Å². The van der Waals surface area contributed by atoms with Crippen molar-refractivity contribution >= 4 is 11.6 Å². The number of nitrogens with one attached hydrogen (secondary N) is 1. The highest BCUT2D eigenvalue weighted by atomic mass is 35.5. The highest BCUT2D eigenvalue weighted by Gasteiger charge is 2.42. The van der Waals surface area contributed by atoms with Gasteiger partial charge in [0, 0.05) is 10.6 Å². The Morgan fingerprint density at radius 3 is 2.45 bits per heavy atom. The number of hydrogen-bond donors (Lipinski definition) is 1. The zero-order chi connectivity index (χ0) is 14.8. The molecular formula is C16H24ClFN2. The highest BCUT2D eigenvalue weighted by molar-refractivity contribution is 6.31. The second-order valence-electron chi connectivity index (χ2n) is 5.95. The Morgan fingerprint density at radius 2 is 1.90 bits per heavy atom. The lowest BCUT2D eigenvalue weighted by molar-refractivity contribution is 0.0593. The van der Waals surface area contributed by atoms with Crippen LogP contribution in [-0.4, -0.2) is 31.6 Å². The number of benzene rings is 1. The topological polar surface area (TPSA) is 15.3 Å². The summed E-state index contributed by atoms with van der Waals surface area (Å²) in [6, 6.07) is 4.69. The molecule has 1 atom stereocenters. The molecule has 2 rings (SSSR count). The summed E-state index contributed by atoms with van der Waals surface area (Å²) in [5.41, 5.74) is 0.870. The summed E-state index contributed by atoms with van der Waals surface area (Å²) < 4.78 is 13.6. The zero-order valence-corrected chi connectivity index (χ0v) is 13.3. The van der Waals surface area contributed by atoms with E-state index in [0.717, 1.165) is 18.4 Å². The molecule has 4 heteroatoms. The molecule has 1 saturated carbocycles. The van der Waals surface area contributed by atoms with Crippen molar-refractivity contribution in [1.82, 2.24) is 10.2 Å². The standard InChI is InChI=1S/C16H24ClFN2/c1-19-15(13-11-12(18)7-8-14(13)17)16(20(2)3)9-5-4-6-10-16/h7-8,11,15,19H,4-6,9-10H2,1-3H3. The average molecular weight is 299 g/mol. The van der Waals surface area contributed by atoms with Crippen molar-refractivity contribution in [2.24, 2.45) is 0 Å². The minimum Gasteiger partial charge on any atom is -0.311 e. The maximum absolute atomic E-state index is 13.6. The molecule has 20 heavy (non-hydrogen) atoms. The molecule has 0 radical (unpaired) electrons. The molecule has 0 aromatic heterocycles. The van der Waals surface area contributed by atoms with E-state index >= 15 is 0 Å². The number of halogens is 2. The van der Waals surface area contributed by atoms with Crippen LogP contribution in [0.2, 0.25) is 5.02 Å². The summed E-state index contributed by atoms with van der Waals surface area (Å²) in [6.07, 6.45) is 5.92. The number of likely N-dealkylation sites (N-methyl/N-ethyl adjacent to an activating group) is 2. The van der Waals surface area contributed by atoms with Gasteiger partial charge in [-0.15, -0.1) is 0 Å². The van der Waals surface area contributed by atoms with Crippen LogP contribution < -0.4 is 5.32 Å². The molecule has 1 fully saturated rings. The van der Waals surface area contributed by atoms with Gasteiger partial charge in [-0.05, 0) is 57.7 Å². The van der Waals surface area contributed by atoms with Crippen LogP contribution >= 0.6 is 11.6 Å². The Morgan fingerprint density at radius 1 is 1.25 bits per heavy atom. The van der Waals surface area contributed by atoms with Crippen LogP contribution in [0.4, 0.5) is 4.39 Å². The fraction of sp³-hybridized carbons (Fsp3) is 0.625. The van der Waals surface area contributed by atoms with Gasteiger partial charge in [0.2, 0.25) is 0 Å². The van der Waals surface area contributed by atoms with Crippen LogP contribution in [0.1, 0.15) is 43.7 Å². The van der Waals surface area contributed by atoms with Crippen molar-refractivity contribution in [3.8, 4) is 0 Å². The van der Waals surface area contributed by atoms with Gasteiger partial charge < -0.3 is 10.2 Å². The van der Waals surface area contributed by atoms with Gasteiger partial charge in [0.25, 0.3) is 0 Å². The summed E-state index contributed by atoms with van der Waals surface area (Å²) in [5.74, 6) is -0.227. The number of rotatable bonds is 4. The summed E-state index contributed by atoms with van der Waals surface area (Å²) in [4.78, 5) is 2.29. The van der Waals surface area contributed by atoms with Crippen molar-refractivity contribution in [1.29, 1.82) is 0 Å². The predicted octanol–water partition coefficient (Wildman–Crippen LogP) is 4.00. The van der Waals surface area contributed by atoms with E-state index in [4.69, 9.17) is 11.6 Å². The molecule has 0 heterocycles. The fourth-order valence-corrected chi connectivity index (χ4v) is 3.83. The van der Waals surface area contributed by atoms with Crippen LogP contribution in [0.5, 0.6) is 0 Å². The molecule has 2 nitrogen and oxygen atoms in total. The largest absolute Gasteiger partial charge is 0.311 e. The highest BCUT2D eigenvalue weighted by Crippen LogP contribution is 2.43. The van der Waals surface area contributed by atoms with Crippen molar-refractivity contribution in [2.45, 2.75) is 43.7 Å². The van der Waals surface area contributed by atoms with Gasteiger partial charge in [0.15, 0.2) is 0 Å². The fourth-order valence-electron chi connectivity index (χ4n) is 3.61. The molecule has 112 valence electrons. The third-order valence-electron chi connectivity index (χ3n) is 4.71. The second kappa shape index (κ2) is 6.42. The zero-order valence-electron chi connectivity index (χ0n) is 12.5. The van der Waals surface area contributed by atoms with Gasteiger partial charge in [0.1, 0.15) is 5.82 Å². The molecule has 1 aliphatic carbocycles. The minimum absolute atomic E-state index is 0.00440. The first-order valence-electron chi connectivity index (χ1n) is 7.31. The van der Waals surface area contributed by atoms with E-state index in [1.54, 1.807) is 12.1 Å². The summed E-state index contributed by atoms with van der Waals surface area (Å²) in [7, 11) is 6.16. The third kappa shape index (κ3) is 2.85. The molecular weight excluding hydrogens is 275 g/mol. The molecule has 0 bridgehead atoms. The Hall–Kier alpha value is -0.640. The van der Waals surface area contributed by atoms with E-state index in [1.165, 1.54) is 25.3 Å². The van der Waals surface area contributed by atoms with Crippen LogP contribution in [0.25, 0.3) is 0 Å². The van der Waals surface area contributed by atoms with Gasteiger partial charge >= 0.3 is 0 Å². The summed E-state index contributed by atoms with van der Waals surface area (Å²) in [5, 5.41) is 4.02. The number of hydrogen-bond acceptors (Lipinski definition) is 2. The molecule has 0 amide bonds. The van der Waals surface area contributed by atoms with Gasteiger partial charge in [0.05, 0.1) is 6.04 Å². The lowest BCUT2D eigenvalue weighted by atomic mass is 9.73. The molecule has 1 aromatic carbocycles. The summed E-state index contributed by atoms with van der Waals surface area (Å²) in [6.45, 7) is 0. The van der Waals surface area contributed by atoms with Gasteiger partial charge in [-0.3, -0.25) is 0 Å². The predicted molar refractivity (Wildman–Crippen MR) is 82.7 cm³/mol. The second-order valence-corrected chi connectivity index (χ2v) is 6.35. The first-order chi connectivity index (χ1) is 9.51. The Balaban J connectivity index is 2.45. The average Bonchev–Trinajstić information content (AvgIpc) is 2.44. The smallest absolute Gasteiger partial charge is 0.123 e. The monoisotopic (exact) mass is 298 g/mol. The van der Waals surface area contributed by atoms with E-state index in [-0.39, 0.29) is 17.4 Å². The quantitative estimate of drug-likeness (QED) is 0.904. The van der Waals surface area contributed by atoms with Crippen LogP contribution in [-0.2, 0) is 0 Å². The van der Waals surface area contributed by atoms with Crippen molar-refractivity contribution < 1.29 is 4.39 Å². The van der Waals surface area contributed by atoms with Crippen molar-refractivity contribution in [2.75, 3.05) is 21.1 Å². The Labute approximate surface area is 126 Å². The first-order valence-corrected chi connectivity index (χ1v) is 7.69. The van der Waals surface area contributed by atoms with Crippen LogP contribution in [0, 0.1) is 5.82 Å². The van der Waals surface area contributed by atoms with Crippen LogP contribution in [0.3, 0.4) is 0 Å². The van der Waals surface area contributed by atoms with Crippen molar-refractivity contribution in [3.63, 3.8) is 0 Å². The molecule has 1 N–H and O–H groups in total. The molecule has 1 unspecified atom stereocenters. The Kier molecular flexibility index (Phi) is 5.05. The van der Waals surface area contributed by atoms with Crippen molar-refractivity contribution in [3.05, 3.63) is 34.6 Å². The van der Waals surface area contributed by atoms with Gasteiger partial charge in [-0.25, -0.2) is 4.39 Å². The number of nitrogens with zero attached hydrogens (tertiary/aromatic N) is 1. The lowest BCUT2D eigenvalue weighted by Gasteiger charge is -2.48. The molecule has 1 aromatic rings. The molecule has 0 saturated heterocycles. The van der Waals surface area contributed by atoms with Gasteiger partial charge in [-0.2, -0.15) is 0 Å². The van der Waals surface area contributed by atoms with E-state index in [2.05, 4.69) is 24.3 Å². The maximum Gasteiger partial charge on any atom is 0.123 e. The maximum atomic E-state index is 13.6. The van der Waals surface area contributed by atoms with E-state index < -0.39 is 0 Å². The Bertz CT molecular complexity index is 456. The lowest BCUT2D eigenvalue weighted by Crippen LogP contribution is -2.54. The SMILES string of the molecule is CNC(c1cc(F)ccc1Cl)C1(N(C)C)CCCCC1. The summed E-state index contributed by atoms with van der Waals surface area (Å²) >= 11 is 6.33. The first kappa shape index (κ1) is 15.7. The van der Waals surface area contributed by atoms with E-state index in [0.29, 0.717) is 5.02 Å². The molecule has 0 aliphatic heterocycles. The molecule has 0 spiro atoms. The normalized spacial score (nSPS) is 20.1.